The fourth-order valence-corrected chi connectivity index (χ4v) is 2.38. The van der Waals surface area contributed by atoms with E-state index in [0.717, 1.165) is 26.0 Å². The standard InChI is InChI=1S/C14H30N2O2/c1-12(16(3)8-5-9-18-4)10-14(2,11-17)15-13-6-7-13/h12-13,15,17H,5-11H2,1-4H3. The van der Waals surface area contributed by atoms with E-state index in [4.69, 9.17) is 4.74 Å². The summed E-state index contributed by atoms with van der Waals surface area (Å²) >= 11 is 0. The minimum Gasteiger partial charge on any atom is -0.394 e. The second kappa shape index (κ2) is 7.43. The molecule has 2 N–H and O–H groups in total. The highest BCUT2D eigenvalue weighted by molar-refractivity contribution is 4.94. The fourth-order valence-electron chi connectivity index (χ4n) is 2.38. The minimum atomic E-state index is -0.143. The molecule has 0 radical (unpaired) electrons. The van der Waals surface area contributed by atoms with Crippen molar-refractivity contribution < 1.29 is 9.84 Å². The summed E-state index contributed by atoms with van der Waals surface area (Å²) in [6, 6.07) is 1.10. The van der Waals surface area contributed by atoms with Gasteiger partial charge in [0.05, 0.1) is 6.61 Å². The van der Waals surface area contributed by atoms with Crippen LogP contribution in [0.5, 0.6) is 0 Å². The van der Waals surface area contributed by atoms with Gasteiger partial charge in [-0.3, -0.25) is 0 Å². The molecule has 1 fully saturated rings. The predicted octanol–water partition coefficient (Wildman–Crippen LogP) is 1.24. The fraction of sp³-hybridized carbons (Fsp3) is 1.00. The van der Waals surface area contributed by atoms with Crippen molar-refractivity contribution >= 4 is 0 Å². The van der Waals surface area contributed by atoms with E-state index in [9.17, 15) is 5.11 Å². The predicted molar refractivity (Wildman–Crippen MR) is 74.9 cm³/mol. The summed E-state index contributed by atoms with van der Waals surface area (Å²) in [5.74, 6) is 0. The Balaban J connectivity index is 2.32. The Kier molecular flexibility index (Phi) is 6.57. The number of aliphatic hydroxyl groups is 1. The molecule has 2 atom stereocenters. The van der Waals surface area contributed by atoms with Gasteiger partial charge in [0.25, 0.3) is 0 Å². The van der Waals surface area contributed by atoms with Crippen LogP contribution < -0.4 is 5.32 Å². The molecule has 0 heterocycles. The van der Waals surface area contributed by atoms with Crippen molar-refractivity contribution in [3.05, 3.63) is 0 Å². The minimum absolute atomic E-state index is 0.143. The van der Waals surface area contributed by atoms with Gasteiger partial charge < -0.3 is 20.1 Å². The Labute approximate surface area is 112 Å². The van der Waals surface area contributed by atoms with Crippen molar-refractivity contribution in [1.29, 1.82) is 0 Å². The van der Waals surface area contributed by atoms with Gasteiger partial charge in [0.2, 0.25) is 0 Å². The molecule has 0 aliphatic heterocycles. The van der Waals surface area contributed by atoms with E-state index in [1.54, 1.807) is 7.11 Å². The molecule has 0 saturated heterocycles. The summed E-state index contributed by atoms with van der Waals surface area (Å²) in [6.07, 6.45) is 4.55. The van der Waals surface area contributed by atoms with Gasteiger partial charge in [0.1, 0.15) is 0 Å². The number of hydrogen-bond acceptors (Lipinski definition) is 4. The van der Waals surface area contributed by atoms with Crippen LogP contribution in [0.4, 0.5) is 0 Å². The molecular formula is C14H30N2O2. The second-order valence-corrected chi connectivity index (χ2v) is 6.02. The number of aliphatic hydroxyl groups excluding tert-OH is 1. The van der Waals surface area contributed by atoms with E-state index in [1.807, 2.05) is 0 Å². The van der Waals surface area contributed by atoms with Gasteiger partial charge in [-0.05, 0) is 46.6 Å². The van der Waals surface area contributed by atoms with Crippen molar-refractivity contribution in [2.45, 2.75) is 57.2 Å². The van der Waals surface area contributed by atoms with E-state index in [1.165, 1.54) is 12.8 Å². The van der Waals surface area contributed by atoms with Crippen LogP contribution in [-0.2, 0) is 4.74 Å². The first-order chi connectivity index (χ1) is 8.50. The summed E-state index contributed by atoms with van der Waals surface area (Å²) < 4.78 is 5.08. The van der Waals surface area contributed by atoms with Gasteiger partial charge in [-0.2, -0.15) is 0 Å². The smallest absolute Gasteiger partial charge is 0.0611 e. The number of ether oxygens (including phenoxy) is 1. The van der Waals surface area contributed by atoms with Crippen molar-refractivity contribution in [3.8, 4) is 0 Å². The molecular weight excluding hydrogens is 228 g/mol. The Morgan fingerprint density at radius 2 is 2.17 bits per heavy atom. The maximum absolute atomic E-state index is 9.61. The lowest BCUT2D eigenvalue weighted by molar-refractivity contribution is 0.117. The second-order valence-electron chi connectivity index (χ2n) is 6.02. The summed E-state index contributed by atoms with van der Waals surface area (Å²) in [6.45, 7) is 6.43. The van der Waals surface area contributed by atoms with Crippen LogP contribution in [0.15, 0.2) is 0 Å². The first-order valence-corrected chi connectivity index (χ1v) is 7.08. The molecule has 1 aliphatic rings. The topological polar surface area (TPSA) is 44.7 Å². The van der Waals surface area contributed by atoms with Crippen LogP contribution in [0.3, 0.4) is 0 Å². The first-order valence-electron chi connectivity index (χ1n) is 7.08. The largest absolute Gasteiger partial charge is 0.394 e. The van der Waals surface area contributed by atoms with E-state index >= 15 is 0 Å². The molecule has 0 aromatic rings. The number of rotatable bonds is 10. The molecule has 0 spiro atoms. The van der Waals surface area contributed by atoms with Gasteiger partial charge in [0.15, 0.2) is 0 Å². The van der Waals surface area contributed by atoms with Crippen molar-refractivity contribution in [2.24, 2.45) is 0 Å². The number of methoxy groups -OCH3 is 1. The molecule has 18 heavy (non-hydrogen) atoms. The number of nitrogens with one attached hydrogen (secondary N) is 1. The Hall–Kier alpha value is -0.160. The monoisotopic (exact) mass is 258 g/mol. The molecule has 2 unspecified atom stereocenters. The molecule has 0 bridgehead atoms. The summed E-state index contributed by atoms with van der Waals surface area (Å²) in [4.78, 5) is 2.35. The van der Waals surface area contributed by atoms with Gasteiger partial charge in [-0.1, -0.05) is 0 Å². The van der Waals surface area contributed by atoms with Crippen LogP contribution in [0.1, 0.15) is 39.5 Å². The number of hydrogen-bond donors (Lipinski definition) is 2. The molecule has 0 amide bonds. The van der Waals surface area contributed by atoms with Gasteiger partial charge in [-0.15, -0.1) is 0 Å². The van der Waals surface area contributed by atoms with Gasteiger partial charge in [-0.25, -0.2) is 0 Å². The Morgan fingerprint density at radius 3 is 2.67 bits per heavy atom. The maximum atomic E-state index is 9.61. The van der Waals surface area contributed by atoms with Gasteiger partial charge in [0, 0.05) is 37.9 Å². The molecule has 108 valence electrons. The summed E-state index contributed by atoms with van der Waals surface area (Å²) in [7, 11) is 3.89. The zero-order valence-electron chi connectivity index (χ0n) is 12.4. The van der Waals surface area contributed by atoms with E-state index in [-0.39, 0.29) is 12.1 Å². The highest BCUT2D eigenvalue weighted by atomic mass is 16.5. The Bertz CT molecular complexity index is 234. The zero-order valence-corrected chi connectivity index (χ0v) is 12.4. The molecule has 0 aromatic carbocycles. The van der Waals surface area contributed by atoms with Crippen molar-refractivity contribution in [2.75, 3.05) is 33.9 Å². The van der Waals surface area contributed by atoms with Crippen LogP contribution in [0, 0.1) is 0 Å². The van der Waals surface area contributed by atoms with E-state index in [0.29, 0.717) is 12.1 Å². The van der Waals surface area contributed by atoms with Crippen LogP contribution in [-0.4, -0.2) is 61.5 Å². The lowest BCUT2D eigenvalue weighted by Gasteiger charge is -2.35. The average molecular weight is 258 g/mol. The van der Waals surface area contributed by atoms with E-state index < -0.39 is 0 Å². The zero-order chi connectivity index (χ0) is 13.6. The summed E-state index contributed by atoms with van der Waals surface area (Å²) in [5.41, 5.74) is -0.143. The Morgan fingerprint density at radius 1 is 1.50 bits per heavy atom. The first kappa shape index (κ1) is 15.9. The van der Waals surface area contributed by atoms with Crippen LogP contribution >= 0.6 is 0 Å². The van der Waals surface area contributed by atoms with Gasteiger partial charge >= 0.3 is 0 Å². The highest BCUT2D eigenvalue weighted by Crippen LogP contribution is 2.25. The molecule has 1 aliphatic carbocycles. The van der Waals surface area contributed by atoms with E-state index in [2.05, 4.69) is 31.1 Å². The lowest BCUT2D eigenvalue weighted by Crippen LogP contribution is -2.51. The average Bonchev–Trinajstić information content (AvgIpc) is 3.12. The summed E-state index contributed by atoms with van der Waals surface area (Å²) in [5, 5.41) is 13.2. The molecule has 4 heteroatoms. The SMILES string of the molecule is COCCCN(C)C(C)CC(C)(CO)NC1CC1. The van der Waals surface area contributed by atoms with Crippen molar-refractivity contribution in [3.63, 3.8) is 0 Å². The molecule has 1 saturated carbocycles. The molecule has 0 aromatic heterocycles. The molecule has 4 nitrogen and oxygen atoms in total. The maximum Gasteiger partial charge on any atom is 0.0611 e. The third-order valence-electron chi connectivity index (χ3n) is 3.84. The third kappa shape index (κ3) is 5.65. The highest BCUT2D eigenvalue weighted by Gasteiger charge is 2.33. The quantitative estimate of drug-likeness (QED) is 0.579. The third-order valence-corrected chi connectivity index (χ3v) is 3.84. The normalized spacial score (nSPS) is 21.0. The van der Waals surface area contributed by atoms with Crippen LogP contribution in [0.2, 0.25) is 0 Å². The van der Waals surface area contributed by atoms with Crippen molar-refractivity contribution in [1.82, 2.24) is 10.2 Å². The lowest BCUT2D eigenvalue weighted by atomic mass is 9.93. The van der Waals surface area contributed by atoms with Crippen LogP contribution in [0.25, 0.3) is 0 Å². The molecule has 1 rings (SSSR count). The number of nitrogens with zero attached hydrogens (tertiary/aromatic N) is 1.